The number of hydrogen-bond acceptors (Lipinski definition) is 3. The monoisotopic (exact) mass is 302 g/mol. The molecule has 116 valence electrons. The number of aryl methyl sites for hydroxylation is 1. The normalized spacial score (nSPS) is 15.9. The summed E-state index contributed by atoms with van der Waals surface area (Å²) in [6.07, 6.45) is 1.02. The van der Waals surface area contributed by atoms with Gasteiger partial charge >= 0.3 is 12.1 Å². The van der Waals surface area contributed by atoms with Gasteiger partial charge in [0.1, 0.15) is 0 Å². The molecule has 7 heteroatoms. The van der Waals surface area contributed by atoms with Crippen molar-refractivity contribution in [1.29, 1.82) is 0 Å². The molecule has 1 saturated heterocycles. The Morgan fingerprint density at radius 2 is 2.23 bits per heavy atom. The average Bonchev–Trinajstić information content (AvgIpc) is 3.09. The number of fused-ring (bicyclic) bond motifs is 1. The number of amides is 4. The van der Waals surface area contributed by atoms with Gasteiger partial charge in [0.25, 0.3) is 0 Å². The highest BCUT2D eigenvalue weighted by Gasteiger charge is 2.26. The Bertz CT molecular complexity index is 725. The third kappa shape index (κ3) is 2.50. The molecule has 22 heavy (non-hydrogen) atoms. The number of imide groups is 1. The van der Waals surface area contributed by atoms with Crippen molar-refractivity contribution in [3.8, 4) is 0 Å². The highest BCUT2D eigenvalue weighted by Crippen LogP contribution is 2.25. The molecule has 1 aliphatic rings. The van der Waals surface area contributed by atoms with E-state index in [1.54, 1.807) is 0 Å². The molecule has 1 atom stereocenters. The number of hydrogen-bond donors (Lipinski definition) is 3. The lowest BCUT2D eigenvalue weighted by Gasteiger charge is -2.16. The van der Waals surface area contributed by atoms with Crippen LogP contribution in [0.5, 0.6) is 0 Å². The van der Waals surface area contributed by atoms with E-state index in [9.17, 15) is 14.7 Å². The number of aliphatic hydroxyl groups is 1. The fraction of sp³-hybridized carbons (Fsp3) is 0.333. The summed E-state index contributed by atoms with van der Waals surface area (Å²) in [5.41, 5.74) is 1.77. The number of carbonyl (C=O) groups is 2. The maximum Gasteiger partial charge on any atom is 0.325 e. The van der Waals surface area contributed by atoms with E-state index < -0.39 is 18.2 Å². The second kappa shape index (κ2) is 5.69. The summed E-state index contributed by atoms with van der Waals surface area (Å²) in [6, 6.07) is 6.85. The van der Waals surface area contributed by atoms with Crippen LogP contribution in [0.3, 0.4) is 0 Å². The van der Waals surface area contributed by atoms with Crippen molar-refractivity contribution in [2.24, 2.45) is 7.05 Å². The Morgan fingerprint density at radius 1 is 1.45 bits per heavy atom. The second-order valence-electron chi connectivity index (χ2n) is 5.30. The Labute approximate surface area is 127 Å². The first kappa shape index (κ1) is 14.4. The number of aliphatic hydroxyl groups excluding tert-OH is 1. The number of benzene rings is 1. The topological polar surface area (TPSA) is 86.6 Å². The number of nitrogens with one attached hydrogen (secondary N) is 2. The van der Waals surface area contributed by atoms with Gasteiger partial charge in [-0.15, -0.1) is 0 Å². The van der Waals surface area contributed by atoms with E-state index in [1.807, 2.05) is 42.1 Å². The van der Waals surface area contributed by atoms with E-state index in [-0.39, 0.29) is 6.54 Å². The van der Waals surface area contributed by atoms with Gasteiger partial charge in [-0.3, -0.25) is 0 Å². The number of urea groups is 2. The summed E-state index contributed by atoms with van der Waals surface area (Å²) in [7, 11) is 1.91. The number of nitrogens with zero attached hydrogens (tertiary/aromatic N) is 2. The molecule has 0 saturated carbocycles. The molecule has 2 heterocycles. The van der Waals surface area contributed by atoms with Crippen LogP contribution in [-0.2, 0) is 7.05 Å². The molecule has 0 radical (unpaired) electrons. The van der Waals surface area contributed by atoms with E-state index >= 15 is 0 Å². The van der Waals surface area contributed by atoms with Crippen molar-refractivity contribution < 1.29 is 14.7 Å². The second-order valence-corrected chi connectivity index (χ2v) is 5.30. The zero-order valence-corrected chi connectivity index (χ0v) is 12.2. The standard InChI is InChI=1S/C15H18N4O3/c1-18-9-11(10-4-2-3-5-12(10)18)13(20)8-17-15(22)19-7-6-16-14(19)21/h2-5,9,13,20H,6-8H2,1H3,(H,16,21)(H,17,22). The molecule has 1 fully saturated rings. The zero-order chi connectivity index (χ0) is 15.7. The molecule has 2 aromatic rings. The SMILES string of the molecule is Cn1cc(C(O)CNC(=O)N2CCNC2=O)c2ccccc21. The highest BCUT2D eigenvalue weighted by molar-refractivity contribution is 5.95. The first-order valence-electron chi connectivity index (χ1n) is 7.13. The van der Waals surface area contributed by atoms with Crippen LogP contribution in [-0.4, -0.2) is 46.3 Å². The smallest absolute Gasteiger partial charge is 0.325 e. The third-order valence-electron chi connectivity index (χ3n) is 3.84. The maximum atomic E-state index is 11.9. The molecule has 7 nitrogen and oxygen atoms in total. The Morgan fingerprint density at radius 3 is 2.95 bits per heavy atom. The van der Waals surface area contributed by atoms with Crippen molar-refractivity contribution in [1.82, 2.24) is 20.1 Å². The Kier molecular flexibility index (Phi) is 3.72. The number of aromatic nitrogens is 1. The molecule has 4 amide bonds. The van der Waals surface area contributed by atoms with Crippen LogP contribution >= 0.6 is 0 Å². The summed E-state index contributed by atoms with van der Waals surface area (Å²) in [4.78, 5) is 24.4. The number of carbonyl (C=O) groups excluding carboxylic acids is 2. The molecule has 1 unspecified atom stereocenters. The molecule has 1 aliphatic heterocycles. The van der Waals surface area contributed by atoms with Crippen molar-refractivity contribution in [3.63, 3.8) is 0 Å². The molecule has 0 aliphatic carbocycles. The lowest BCUT2D eigenvalue weighted by molar-refractivity contribution is 0.166. The summed E-state index contributed by atoms with van der Waals surface area (Å²) in [6.45, 7) is 0.851. The predicted molar refractivity (Wildman–Crippen MR) is 81.4 cm³/mol. The van der Waals surface area contributed by atoms with Crippen LogP contribution in [0.2, 0.25) is 0 Å². The van der Waals surface area contributed by atoms with E-state index in [4.69, 9.17) is 0 Å². The Hall–Kier alpha value is -2.54. The van der Waals surface area contributed by atoms with Gasteiger partial charge in [-0.2, -0.15) is 0 Å². The highest BCUT2D eigenvalue weighted by atomic mass is 16.3. The van der Waals surface area contributed by atoms with E-state index in [1.165, 1.54) is 0 Å². The zero-order valence-electron chi connectivity index (χ0n) is 12.2. The molecule has 0 spiro atoms. The minimum Gasteiger partial charge on any atom is -0.386 e. The number of rotatable bonds is 3. The fourth-order valence-corrected chi connectivity index (χ4v) is 2.69. The maximum absolute atomic E-state index is 11.9. The lowest BCUT2D eigenvalue weighted by Crippen LogP contribution is -2.43. The summed E-state index contributed by atoms with van der Waals surface area (Å²) < 4.78 is 1.93. The van der Waals surface area contributed by atoms with E-state index in [0.29, 0.717) is 13.1 Å². The predicted octanol–water partition coefficient (Wildman–Crippen LogP) is 0.947. The van der Waals surface area contributed by atoms with Gasteiger partial charge in [-0.1, -0.05) is 18.2 Å². The third-order valence-corrected chi connectivity index (χ3v) is 3.84. The van der Waals surface area contributed by atoms with Crippen LogP contribution in [0.15, 0.2) is 30.5 Å². The van der Waals surface area contributed by atoms with Crippen molar-refractivity contribution in [2.45, 2.75) is 6.10 Å². The van der Waals surface area contributed by atoms with Crippen molar-refractivity contribution in [3.05, 3.63) is 36.0 Å². The first-order chi connectivity index (χ1) is 10.6. The average molecular weight is 302 g/mol. The Balaban J connectivity index is 1.70. The minimum atomic E-state index is -0.833. The quantitative estimate of drug-likeness (QED) is 0.789. The lowest BCUT2D eigenvalue weighted by atomic mass is 10.1. The van der Waals surface area contributed by atoms with Gasteiger partial charge in [-0.05, 0) is 6.07 Å². The fourth-order valence-electron chi connectivity index (χ4n) is 2.69. The van der Waals surface area contributed by atoms with Crippen LogP contribution in [0, 0.1) is 0 Å². The first-order valence-corrected chi connectivity index (χ1v) is 7.13. The molecule has 0 bridgehead atoms. The minimum absolute atomic E-state index is 0.0522. The molecular formula is C15H18N4O3. The van der Waals surface area contributed by atoms with E-state index in [2.05, 4.69) is 10.6 Å². The van der Waals surface area contributed by atoms with Gasteiger partial charge in [0.05, 0.1) is 6.10 Å². The van der Waals surface area contributed by atoms with Gasteiger partial charge in [0.15, 0.2) is 0 Å². The van der Waals surface area contributed by atoms with Crippen LogP contribution in [0.1, 0.15) is 11.7 Å². The van der Waals surface area contributed by atoms with Crippen LogP contribution in [0.4, 0.5) is 9.59 Å². The van der Waals surface area contributed by atoms with E-state index in [0.717, 1.165) is 21.4 Å². The molecule has 1 aromatic carbocycles. The molecule has 3 N–H and O–H groups in total. The molecular weight excluding hydrogens is 284 g/mol. The number of para-hydroxylation sites is 1. The van der Waals surface area contributed by atoms with Crippen LogP contribution < -0.4 is 10.6 Å². The van der Waals surface area contributed by atoms with Gasteiger partial charge in [-0.25, -0.2) is 14.5 Å². The summed E-state index contributed by atoms with van der Waals surface area (Å²) in [5.74, 6) is 0. The van der Waals surface area contributed by atoms with Gasteiger partial charge < -0.3 is 20.3 Å². The summed E-state index contributed by atoms with van der Waals surface area (Å²) in [5, 5.41) is 16.4. The van der Waals surface area contributed by atoms with Gasteiger partial charge in [0, 0.05) is 49.3 Å². The van der Waals surface area contributed by atoms with Crippen LogP contribution in [0.25, 0.3) is 10.9 Å². The largest absolute Gasteiger partial charge is 0.386 e. The van der Waals surface area contributed by atoms with Crippen molar-refractivity contribution >= 4 is 23.0 Å². The molecule has 1 aromatic heterocycles. The summed E-state index contributed by atoms with van der Waals surface area (Å²) >= 11 is 0. The molecule has 3 rings (SSSR count). The van der Waals surface area contributed by atoms with Gasteiger partial charge in [0.2, 0.25) is 0 Å². The van der Waals surface area contributed by atoms with Crippen molar-refractivity contribution in [2.75, 3.05) is 19.6 Å².